The zero-order valence-electron chi connectivity index (χ0n) is 13.9. The summed E-state index contributed by atoms with van der Waals surface area (Å²) in [5, 5.41) is 2.76. The summed E-state index contributed by atoms with van der Waals surface area (Å²) in [6.07, 6.45) is 1.49. The van der Waals surface area contributed by atoms with Crippen molar-refractivity contribution in [2.75, 3.05) is 26.3 Å². The Morgan fingerprint density at radius 3 is 2.50 bits per heavy atom. The number of benzene rings is 1. The molecule has 0 radical (unpaired) electrons. The molecule has 24 heavy (non-hydrogen) atoms. The fourth-order valence-corrected chi connectivity index (χ4v) is 3.89. The van der Waals surface area contributed by atoms with Crippen LogP contribution in [-0.2, 0) is 26.1 Å². The highest BCUT2D eigenvalue weighted by molar-refractivity contribution is 7.89. The second-order valence-corrected chi connectivity index (χ2v) is 7.71. The molecule has 1 unspecified atom stereocenters. The van der Waals surface area contributed by atoms with E-state index in [1.807, 2.05) is 6.92 Å². The maximum atomic E-state index is 12.5. The summed E-state index contributed by atoms with van der Waals surface area (Å²) in [6, 6.07) is 6.05. The molecule has 0 saturated carbocycles. The average Bonchev–Trinajstić information content (AvgIpc) is 2.61. The molecule has 134 valence electrons. The number of nitrogens with one attached hydrogen (secondary N) is 1. The molecule has 1 saturated heterocycles. The summed E-state index contributed by atoms with van der Waals surface area (Å²) >= 11 is 0. The predicted octanol–water partition coefficient (Wildman–Crippen LogP) is 0.451. The van der Waals surface area contributed by atoms with Crippen LogP contribution in [0.25, 0.3) is 0 Å². The van der Waals surface area contributed by atoms with Crippen molar-refractivity contribution in [2.45, 2.75) is 37.2 Å². The quantitative estimate of drug-likeness (QED) is 0.739. The van der Waals surface area contributed by atoms with Gasteiger partial charge in [-0.1, -0.05) is 25.5 Å². The Kier molecular flexibility index (Phi) is 6.73. The molecule has 8 heteroatoms. The lowest BCUT2D eigenvalue weighted by atomic mass is 10.1. The molecule has 3 N–H and O–H groups in total. The first-order valence-corrected chi connectivity index (χ1v) is 9.59. The van der Waals surface area contributed by atoms with Gasteiger partial charge in [0.25, 0.3) is 0 Å². The van der Waals surface area contributed by atoms with Gasteiger partial charge in [0.1, 0.15) is 0 Å². The number of ether oxygens (including phenoxy) is 1. The number of rotatable bonds is 7. The standard InChI is InChI=1S/C16H25N3O4S/c1-2-3-15(17)16(20)18-12-13-4-6-14(7-5-13)24(21,22)19-8-10-23-11-9-19/h4-7,15H,2-3,8-12,17H2,1H3,(H,18,20). The Balaban J connectivity index is 1.96. The molecular weight excluding hydrogens is 330 g/mol. The second-order valence-electron chi connectivity index (χ2n) is 5.77. The smallest absolute Gasteiger partial charge is 0.243 e. The maximum absolute atomic E-state index is 12.5. The van der Waals surface area contributed by atoms with Gasteiger partial charge in [0.15, 0.2) is 0 Å². The van der Waals surface area contributed by atoms with Crippen LogP contribution in [0.3, 0.4) is 0 Å². The van der Waals surface area contributed by atoms with Crippen molar-refractivity contribution in [1.29, 1.82) is 0 Å². The molecule has 1 aliphatic heterocycles. The van der Waals surface area contributed by atoms with Crippen molar-refractivity contribution in [3.05, 3.63) is 29.8 Å². The Labute approximate surface area is 143 Å². The fraction of sp³-hybridized carbons (Fsp3) is 0.562. The van der Waals surface area contributed by atoms with E-state index >= 15 is 0 Å². The average molecular weight is 355 g/mol. The zero-order chi connectivity index (χ0) is 17.6. The summed E-state index contributed by atoms with van der Waals surface area (Å²) in [5.74, 6) is -0.193. The van der Waals surface area contributed by atoms with Crippen molar-refractivity contribution in [2.24, 2.45) is 5.73 Å². The Morgan fingerprint density at radius 1 is 1.29 bits per heavy atom. The van der Waals surface area contributed by atoms with E-state index in [9.17, 15) is 13.2 Å². The SMILES string of the molecule is CCCC(N)C(=O)NCc1ccc(S(=O)(=O)N2CCOCC2)cc1. The number of hydrogen-bond acceptors (Lipinski definition) is 5. The number of carbonyl (C=O) groups excluding carboxylic acids is 1. The Hall–Kier alpha value is -1.48. The maximum Gasteiger partial charge on any atom is 0.243 e. The van der Waals surface area contributed by atoms with Gasteiger partial charge in [-0.2, -0.15) is 4.31 Å². The normalized spacial score (nSPS) is 17.4. The first kappa shape index (κ1) is 18.9. The number of carbonyl (C=O) groups is 1. The Morgan fingerprint density at radius 2 is 1.92 bits per heavy atom. The number of sulfonamides is 1. The third kappa shape index (κ3) is 4.76. The summed E-state index contributed by atoms with van der Waals surface area (Å²) in [6.45, 7) is 3.88. The van der Waals surface area contributed by atoms with E-state index in [2.05, 4.69) is 5.32 Å². The van der Waals surface area contributed by atoms with E-state index < -0.39 is 16.1 Å². The molecule has 1 heterocycles. The van der Waals surface area contributed by atoms with E-state index in [-0.39, 0.29) is 10.8 Å². The highest BCUT2D eigenvalue weighted by Gasteiger charge is 2.26. The van der Waals surface area contributed by atoms with E-state index in [1.54, 1.807) is 24.3 Å². The lowest BCUT2D eigenvalue weighted by Crippen LogP contribution is -2.40. The molecule has 0 aliphatic carbocycles. The first-order valence-electron chi connectivity index (χ1n) is 8.15. The molecule has 0 bridgehead atoms. The van der Waals surface area contributed by atoms with Gasteiger partial charge in [0, 0.05) is 19.6 Å². The monoisotopic (exact) mass is 355 g/mol. The van der Waals surface area contributed by atoms with Crippen LogP contribution in [0.1, 0.15) is 25.3 Å². The van der Waals surface area contributed by atoms with E-state index in [0.29, 0.717) is 39.3 Å². The van der Waals surface area contributed by atoms with Gasteiger partial charge >= 0.3 is 0 Å². The number of amides is 1. The third-order valence-electron chi connectivity index (χ3n) is 3.93. The van der Waals surface area contributed by atoms with Gasteiger partial charge < -0.3 is 15.8 Å². The third-order valence-corrected chi connectivity index (χ3v) is 5.85. The van der Waals surface area contributed by atoms with Crippen LogP contribution in [0, 0.1) is 0 Å². The summed E-state index contributed by atoms with van der Waals surface area (Å²) in [7, 11) is -3.48. The second kappa shape index (κ2) is 8.57. The van der Waals surface area contributed by atoms with Crippen LogP contribution in [0.15, 0.2) is 29.2 Å². The summed E-state index contributed by atoms with van der Waals surface area (Å²) in [5.41, 5.74) is 6.58. The largest absolute Gasteiger partial charge is 0.379 e. The van der Waals surface area contributed by atoms with E-state index in [1.165, 1.54) is 4.31 Å². The van der Waals surface area contributed by atoms with Gasteiger partial charge in [-0.15, -0.1) is 0 Å². The molecule has 2 rings (SSSR count). The number of morpholine rings is 1. The molecule has 0 aromatic heterocycles. The van der Waals surface area contributed by atoms with Gasteiger partial charge in [-0.25, -0.2) is 8.42 Å². The molecule has 1 fully saturated rings. The minimum atomic E-state index is -3.48. The number of hydrogen-bond donors (Lipinski definition) is 2. The molecule has 1 atom stereocenters. The van der Waals surface area contributed by atoms with Gasteiger partial charge in [0.2, 0.25) is 15.9 Å². The topological polar surface area (TPSA) is 102 Å². The lowest BCUT2D eigenvalue weighted by Gasteiger charge is -2.26. The molecule has 7 nitrogen and oxygen atoms in total. The summed E-state index contributed by atoms with van der Waals surface area (Å²) in [4.78, 5) is 12.0. The van der Waals surface area contributed by atoms with Crippen LogP contribution in [-0.4, -0.2) is 51.0 Å². The highest BCUT2D eigenvalue weighted by Crippen LogP contribution is 2.17. The van der Waals surface area contributed by atoms with Crippen molar-refractivity contribution < 1.29 is 17.9 Å². The summed E-state index contributed by atoms with van der Waals surface area (Å²) < 4.78 is 31.6. The molecule has 1 amide bonds. The lowest BCUT2D eigenvalue weighted by molar-refractivity contribution is -0.122. The van der Waals surface area contributed by atoms with Crippen molar-refractivity contribution in [3.8, 4) is 0 Å². The molecule has 1 aromatic carbocycles. The zero-order valence-corrected chi connectivity index (χ0v) is 14.7. The first-order chi connectivity index (χ1) is 11.4. The predicted molar refractivity (Wildman–Crippen MR) is 90.7 cm³/mol. The van der Waals surface area contributed by atoms with Crippen molar-refractivity contribution in [3.63, 3.8) is 0 Å². The van der Waals surface area contributed by atoms with Crippen LogP contribution in [0.5, 0.6) is 0 Å². The minimum absolute atomic E-state index is 0.193. The Bertz CT molecular complexity index is 640. The number of nitrogens with two attached hydrogens (primary N) is 1. The van der Waals surface area contributed by atoms with Crippen LogP contribution >= 0.6 is 0 Å². The molecule has 1 aliphatic rings. The molecular formula is C16H25N3O4S. The van der Waals surface area contributed by atoms with E-state index in [0.717, 1.165) is 12.0 Å². The minimum Gasteiger partial charge on any atom is -0.379 e. The van der Waals surface area contributed by atoms with Crippen LogP contribution in [0.4, 0.5) is 0 Å². The fourth-order valence-electron chi connectivity index (χ4n) is 2.48. The van der Waals surface area contributed by atoms with Gasteiger partial charge in [0.05, 0.1) is 24.2 Å². The van der Waals surface area contributed by atoms with Crippen molar-refractivity contribution >= 4 is 15.9 Å². The van der Waals surface area contributed by atoms with Gasteiger partial charge in [-0.05, 0) is 24.1 Å². The van der Waals surface area contributed by atoms with E-state index in [4.69, 9.17) is 10.5 Å². The van der Waals surface area contributed by atoms with Gasteiger partial charge in [-0.3, -0.25) is 4.79 Å². The molecule has 0 spiro atoms. The number of nitrogens with zero attached hydrogens (tertiary/aromatic N) is 1. The molecule has 1 aromatic rings. The highest BCUT2D eigenvalue weighted by atomic mass is 32.2. The van der Waals surface area contributed by atoms with Crippen LogP contribution in [0.2, 0.25) is 0 Å². The van der Waals surface area contributed by atoms with Crippen LogP contribution < -0.4 is 11.1 Å². The van der Waals surface area contributed by atoms with Crippen molar-refractivity contribution in [1.82, 2.24) is 9.62 Å².